The Hall–Kier alpha value is -1.24. The second-order valence-electron chi connectivity index (χ2n) is 3.57. The maximum absolute atomic E-state index is 13.5. The van der Waals surface area contributed by atoms with Gasteiger partial charge in [0.25, 0.3) is 0 Å². The van der Waals surface area contributed by atoms with Gasteiger partial charge in [-0.3, -0.25) is 0 Å². The van der Waals surface area contributed by atoms with Crippen molar-refractivity contribution >= 4 is 27.5 Å². The van der Waals surface area contributed by atoms with Crippen LogP contribution in [0.1, 0.15) is 5.56 Å². The average molecular weight is 351 g/mol. The SMILES string of the molecule is OCc1cc(Oc2cc(Br)cc(F)c2F)ncc1Cl. The van der Waals surface area contributed by atoms with Crippen LogP contribution in [0.5, 0.6) is 11.6 Å². The molecule has 0 fully saturated rings. The number of pyridine rings is 1. The molecule has 1 aromatic carbocycles. The number of aliphatic hydroxyl groups is 1. The van der Waals surface area contributed by atoms with Crippen LogP contribution in [0.15, 0.2) is 28.9 Å². The van der Waals surface area contributed by atoms with Crippen LogP contribution in [0, 0.1) is 11.6 Å². The Bertz CT molecular complexity index is 625. The molecule has 7 heteroatoms. The Kier molecular flexibility index (Phi) is 4.34. The summed E-state index contributed by atoms with van der Waals surface area (Å²) >= 11 is 8.79. The maximum Gasteiger partial charge on any atom is 0.219 e. The minimum atomic E-state index is -1.12. The lowest BCUT2D eigenvalue weighted by Crippen LogP contribution is -1.96. The maximum atomic E-state index is 13.5. The van der Waals surface area contributed by atoms with E-state index in [1.165, 1.54) is 18.3 Å². The first-order valence-corrected chi connectivity index (χ1v) is 6.26. The van der Waals surface area contributed by atoms with Crippen molar-refractivity contribution in [1.29, 1.82) is 0 Å². The van der Waals surface area contributed by atoms with Crippen molar-refractivity contribution < 1.29 is 18.6 Å². The van der Waals surface area contributed by atoms with E-state index in [-0.39, 0.29) is 23.3 Å². The summed E-state index contributed by atoms with van der Waals surface area (Å²) in [5, 5.41) is 9.30. The highest BCUT2D eigenvalue weighted by atomic mass is 79.9. The largest absolute Gasteiger partial charge is 0.436 e. The van der Waals surface area contributed by atoms with E-state index in [9.17, 15) is 8.78 Å². The van der Waals surface area contributed by atoms with Crippen LogP contribution in [0.4, 0.5) is 8.78 Å². The lowest BCUT2D eigenvalue weighted by atomic mass is 10.3. The molecule has 0 saturated heterocycles. The molecule has 0 amide bonds. The highest BCUT2D eigenvalue weighted by molar-refractivity contribution is 9.10. The zero-order chi connectivity index (χ0) is 14.0. The van der Waals surface area contributed by atoms with Crippen molar-refractivity contribution in [3.8, 4) is 11.6 Å². The van der Waals surface area contributed by atoms with Crippen molar-refractivity contribution in [3.63, 3.8) is 0 Å². The van der Waals surface area contributed by atoms with E-state index in [4.69, 9.17) is 21.4 Å². The number of hydrogen-bond acceptors (Lipinski definition) is 3. The van der Waals surface area contributed by atoms with Gasteiger partial charge in [0, 0.05) is 22.3 Å². The normalized spacial score (nSPS) is 10.6. The molecule has 0 bridgehead atoms. The Labute approximate surface area is 120 Å². The fourth-order valence-corrected chi connectivity index (χ4v) is 1.93. The quantitative estimate of drug-likeness (QED) is 0.849. The van der Waals surface area contributed by atoms with E-state index in [0.29, 0.717) is 10.0 Å². The number of aromatic nitrogens is 1. The standard InChI is InChI=1S/C12H7BrClF2NO2/c13-7-2-9(15)12(16)10(3-7)19-11-1-6(5-18)8(14)4-17-11/h1-4,18H,5H2. The van der Waals surface area contributed by atoms with E-state index in [1.54, 1.807) is 0 Å². The third-order valence-corrected chi connectivity index (χ3v) is 3.05. The Balaban J connectivity index is 2.36. The molecule has 0 aliphatic heterocycles. The van der Waals surface area contributed by atoms with Gasteiger partial charge in [0.2, 0.25) is 11.7 Å². The van der Waals surface area contributed by atoms with Gasteiger partial charge in [0.1, 0.15) is 0 Å². The number of ether oxygens (including phenoxy) is 1. The van der Waals surface area contributed by atoms with Crippen LogP contribution >= 0.6 is 27.5 Å². The lowest BCUT2D eigenvalue weighted by molar-refractivity contribution is 0.281. The topological polar surface area (TPSA) is 42.4 Å². The predicted molar refractivity (Wildman–Crippen MR) is 69.3 cm³/mol. The van der Waals surface area contributed by atoms with Crippen LogP contribution in [0.2, 0.25) is 5.02 Å². The summed E-state index contributed by atoms with van der Waals surface area (Å²) < 4.78 is 32.2. The molecule has 0 aliphatic rings. The molecule has 1 heterocycles. The predicted octanol–water partition coefficient (Wildman–Crippen LogP) is 4.06. The molecule has 1 aromatic heterocycles. The van der Waals surface area contributed by atoms with Crippen molar-refractivity contribution in [2.45, 2.75) is 6.61 Å². The second kappa shape index (κ2) is 5.81. The molecule has 3 nitrogen and oxygen atoms in total. The summed E-state index contributed by atoms with van der Waals surface area (Å²) in [4.78, 5) is 3.81. The summed E-state index contributed by atoms with van der Waals surface area (Å²) in [7, 11) is 0. The van der Waals surface area contributed by atoms with E-state index in [2.05, 4.69) is 20.9 Å². The third kappa shape index (κ3) is 3.20. The van der Waals surface area contributed by atoms with Gasteiger partial charge in [-0.15, -0.1) is 0 Å². The minimum Gasteiger partial charge on any atom is -0.436 e. The number of rotatable bonds is 3. The van der Waals surface area contributed by atoms with Crippen molar-refractivity contribution in [2.24, 2.45) is 0 Å². The molecule has 1 N–H and O–H groups in total. The van der Waals surface area contributed by atoms with Gasteiger partial charge in [0.15, 0.2) is 11.6 Å². The Morgan fingerprint density at radius 3 is 2.74 bits per heavy atom. The summed E-state index contributed by atoms with van der Waals surface area (Å²) in [5.41, 5.74) is 0.377. The smallest absolute Gasteiger partial charge is 0.219 e. The van der Waals surface area contributed by atoms with Crippen LogP contribution < -0.4 is 4.74 Å². The number of aliphatic hydroxyl groups excluding tert-OH is 1. The fraction of sp³-hybridized carbons (Fsp3) is 0.0833. The van der Waals surface area contributed by atoms with Gasteiger partial charge >= 0.3 is 0 Å². The first kappa shape index (κ1) is 14.2. The lowest BCUT2D eigenvalue weighted by Gasteiger charge is -2.08. The number of hydrogen-bond donors (Lipinski definition) is 1. The monoisotopic (exact) mass is 349 g/mol. The third-order valence-electron chi connectivity index (χ3n) is 2.25. The molecule has 0 atom stereocenters. The summed E-state index contributed by atoms with van der Waals surface area (Å²) in [6, 6.07) is 3.60. The first-order valence-electron chi connectivity index (χ1n) is 5.09. The number of benzene rings is 1. The Morgan fingerprint density at radius 2 is 2.05 bits per heavy atom. The molecular weight excluding hydrogens is 343 g/mol. The zero-order valence-corrected chi connectivity index (χ0v) is 11.7. The molecule has 0 saturated carbocycles. The van der Waals surface area contributed by atoms with Gasteiger partial charge in [0.05, 0.1) is 11.6 Å². The van der Waals surface area contributed by atoms with Crippen LogP contribution in [0.3, 0.4) is 0 Å². The molecule has 0 spiro atoms. The second-order valence-corrected chi connectivity index (χ2v) is 4.90. The van der Waals surface area contributed by atoms with Crippen molar-refractivity contribution in [2.75, 3.05) is 0 Å². The molecule has 100 valence electrons. The van der Waals surface area contributed by atoms with Crippen molar-refractivity contribution in [3.05, 3.63) is 51.1 Å². The van der Waals surface area contributed by atoms with E-state index >= 15 is 0 Å². The van der Waals surface area contributed by atoms with Gasteiger partial charge in [-0.2, -0.15) is 4.39 Å². The van der Waals surface area contributed by atoms with Crippen LogP contribution in [-0.4, -0.2) is 10.1 Å². The van der Waals surface area contributed by atoms with Gasteiger partial charge in [-0.25, -0.2) is 9.37 Å². The van der Waals surface area contributed by atoms with Crippen molar-refractivity contribution in [1.82, 2.24) is 4.98 Å². The molecule has 0 radical (unpaired) electrons. The van der Waals surface area contributed by atoms with Gasteiger partial charge < -0.3 is 9.84 Å². The summed E-state index contributed by atoms with van der Waals surface area (Å²) in [6.07, 6.45) is 1.26. The van der Waals surface area contributed by atoms with E-state index in [0.717, 1.165) is 6.07 Å². The highest BCUT2D eigenvalue weighted by Crippen LogP contribution is 2.30. The minimum absolute atomic E-state index is 0.00449. The number of halogens is 4. The van der Waals surface area contributed by atoms with E-state index < -0.39 is 11.6 Å². The summed E-state index contributed by atoms with van der Waals surface area (Å²) in [5.74, 6) is -2.47. The fourth-order valence-electron chi connectivity index (χ4n) is 1.35. The zero-order valence-electron chi connectivity index (χ0n) is 9.33. The van der Waals surface area contributed by atoms with Crippen LogP contribution in [-0.2, 0) is 6.61 Å². The Morgan fingerprint density at radius 1 is 1.32 bits per heavy atom. The number of nitrogens with zero attached hydrogens (tertiary/aromatic N) is 1. The molecule has 2 rings (SSSR count). The average Bonchev–Trinajstić information content (AvgIpc) is 2.37. The molecule has 0 unspecified atom stereocenters. The molecular formula is C12H7BrClF2NO2. The highest BCUT2D eigenvalue weighted by Gasteiger charge is 2.13. The first-order chi connectivity index (χ1) is 9.01. The summed E-state index contributed by atoms with van der Waals surface area (Å²) in [6.45, 7) is -0.312. The van der Waals surface area contributed by atoms with Crippen LogP contribution in [0.25, 0.3) is 0 Å². The van der Waals surface area contributed by atoms with Gasteiger partial charge in [-0.1, -0.05) is 27.5 Å². The molecule has 19 heavy (non-hydrogen) atoms. The molecule has 2 aromatic rings. The van der Waals surface area contributed by atoms with Gasteiger partial charge in [-0.05, 0) is 12.1 Å². The van der Waals surface area contributed by atoms with E-state index in [1.807, 2.05) is 0 Å². The molecule has 0 aliphatic carbocycles.